The number of benzene rings is 1. The van der Waals surface area contributed by atoms with Crippen molar-refractivity contribution in [1.82, 2.24) is 5.32 Å². The van der Waals surface area contributed by atoms with Crippen molar-refractivity contribution in [2.75, 3.05) is 18.0 Å². The summed E-state index contributed by atoms with van der Waals surface area (Å²) < 4.78 is 51.8. The fourth-order valence-corrected chi connectivity index (χ4v) is 2.65. The van der Waals surface area contributed by atoms with E-state index in [0.29, 0.717) is 25.2 Å². The maximum Gasteiger partial charge on any atom is 0.416 e. The smallest absolute Gasteiger partial charge is 0.365 e. The molecule has 1 saturated heterocycles. The topological polar surface area (TPSA) is 15.3 Å². The minimum Gasteiger partial charge on any atom is -0.365 e. The zero-order valence-electron chi connectivity index (χ0n) is 12.2. The van der Waals surface area contributed by atoms with Crippen LogP contribution in [0.2, 0.25) is 0 Å². The zero-order valence-corrected chi connectivity index (χ0v) is 12.2. The molecule has 0 aromatic heterocycles. The Hall–Kier alpha value is -1.30. The first-order valence-electron chi connectivity index (χ1n) is 7.16. The minimum atomic E-state index is -4.51. The first kappa shape index (κ1) is 16.1. The summed E-state index contributed by atoms with van der Waals surface area (Å²) in [5, 5.41) is 3.30. The Kier molecular flexibility index (Phi) is 4.76. The normalized spacial score (nSPS) is 19.6. The van der Waals surface area contributed by atoms with Crippen LogP contribution in [0, 0.1) is 5.82 Å². The molecule has 1 aromatic rings. The van der Waals surface area contributed by atoms with Crippen LogP contribution in [0.4, 0.5) is 23.2 Å². The van der Waals surface area contributed by atoms with Gasteiger partial charge in [0, 0.05) is 25.2 Å². The first-order chi connectivity index (χ1) is 9.79. The van der Waals surface area contributed by atoms with Crippen molar-refractivity contribution in [3.8, 4) is 0 Å². The molecular formula is C15H20F4N2. The summed E-state index contributed by atoms with van der Waals surface area (Å²) in [6.07, 6.45) is -2.67. The van der Waals surface area contributed by atoms with E-state index in [9.17, 15) is 17.6 Å². The molecule has 1 unspecified atom stereocenters. The van der Waals surface area contributed by atoms with Gasteiger partial charge in [0.1, 0.15) is 5.82 Å². The van der Waals surface area contributed by atoms with E-state index in [4.69, 9.17) is 0 Å². The van der Waals surface area contributed by atoms with Crippen molar-refractivity contribution >= 4 is 5.69 Å². The van der Waals surface area contributed by atoms with Crippen molar-refractivity contribution in [2.24, 2.45) is 0 Å². The van der Waals surface area contributed by atoms with Gasteiger partial charge in [0.15, 0.2) is 0 Å². The molecule has 0 radical (unpaired) electrons. The van der Waals surface area contributed by atoms with Gasteiger partial charge >= 0.3 is 6.18 Å². The molecule has 118 valence electrons. The largest absolute Gasteiger partial charge is 0.416 e. The standard InChI is InChI=1S/C15H20F4N2/c1-10(2)20-9-12-4-3-7-21(12)14-6-5-11(8-13(14)16)15(17,18)19/h5-6,8,10,12,20H,3-4,7,9H2,1-2H3. The molecule has 1 fully saturated rings. The summed E-state index contributed by atoms with van der Waals surface area (Å²) in [4.78, 5) is 1.87. The monoisotopic (exact) mass is 304 g/mol. The highest BCUT2D eigenvalue weighted by Crippen LogP contribution is 2.34. The number of anilines is 1. The maximum absolute atomic E-state index is 14.0. The molecule has 0 bridgehead atoms. The summed E-state index contributed by atoms with van der Waals surface area (Å²) >= 11 is 0. The van der Waals surface area contributed by atoms with Gasteiger partial charge in [-0.2, -0.15) is 13.2 Å². The second-order valence-electron chi connectivity index (χ2n) is 5.72. The summed E-state index contributed by atoms with van der Waals surface area (Å²) in [6.45, 7) is 5.43. The van der Waals surface area contributed by atoms with Gasteiger partial charge in [-0.1, -0.05) is 13.8 Å². The van der Waals surface area contributed by atoms with E-state index >= 15 is 0 Å². The van der Waals surface area contributed by atoms with Crippen LogP contribution in [0.15, 0.2) is 18.2 Å². The number of nitrogens with one attached hydrogen (secondary N) is 1. The van der Waals surface area contributed by atoms with Crippen molar-refractivity contribution in [2.45, 2.75) is 44.9 Å². The van der Waals surface area contributed by atoms with Crippen molar-refractivity contribution in [3.63, 3.8) is 0 Å². The number of halogens is 4. The molecular weight excluding hydrogens is 284 g/mol. The van der Waals surface area contributed by atoms with Gasteiger partial charge in [0.2, 0.25) is 0 Å². The molecule has 1 aromatic carbocycles. The fraction of sp³-hybridized carbons (Fsp3) is 0.600. The van der Waals surface area contributed by atoms with E-state index < -0.39 is 17.6 Å². The highest BCUT2D eigenvalue weighted by Gasteiger charge is 2.33. The minimum absolute atomic E-state index is 0.124. The molecule has 0 spiro atoms. The summed E-state index contributed by atoms with van der Waals surface area (Å²) in [6, 6.07) is 3.22. The molecule has 2 nitrogen and oxygen atoms in total. The van der Waals surface area contributed by atoms with Crippen LogP contribution in [0.3, 0.4) is 0 Å². The van der Waals surface area contributed by atoms with Gasteiger partial charge in [-0.15, -0.1) is 0 Å². The fourth-order valence-electron chi connectivity index (χ4n) is 2.65. The van der Waals surface area contributed by atoms with Crippen LogP contribution in [0.1, 0.15) is 32.3 Å². The van der Waals surface area contributed by atoms with Crippen LogP contribution in [0.25, 0.3) is 0 Å². The van der Waals surface area contributed by atoms with E-state index in [1.807, 2.05) is 18.7 Å². The Morgan fingerprint density at radius 1 is 1.33 bits per heavy atom. The van der Waals surface area contributed by atoms with Crippen LogP contribution in [-0.4, -0.2) is 25.2 Å². The highest BCUT2D eigenvalue weighted by molar-refractivity contribution is 5.51. The molecule has 2 rings (SSSR count). The second kappa shape index (κ2) is 6.22. The lowest BCUT2D eigenvalue weighted by atomic mass is 10.1. The van der Waals surface area contributed by atoms with E-state index in [-0.39, 0.29) is 11.7 Å². The predicted molar refractivity (Wildman–Crippen MR) is 74.9 cm³/mol. The van der Waals surface area contributed by atoms with Crippen molar-refractivity contribution < 1.29 is 17.6 Å². The van der Waals surface area contributed by atoms with Crippen molar-refractivity contribution in [3.05, 3.63) is 29.6 Å². The number of rotatable bonds is 4. The molecule has 1 aliphatic heterocycles. The van der Waals surface area contributed by atoms with Crippen LogP contribution in [0.5, 0.6) is 0 Å². The van der Waals surface area contributed by atoms with Gasteiger partial charge < -0.3 is 10.2 Å². The van der Waals surface area contributed by atoms with Gasteiger partial charge in [0.05, 0.1) is 11.3 Å². The van der Waals surface area contributed by atoms with Crippen LogP contribution in [-0.2, 0) is 6.18 Å². The Morgan fingerprint density at radius 3 is 2.62 bits per heavy atom. The molecule has 21 heavy (non-hydrogen) atoms. The SMILES string of the molecule is CC(C)NCC1CCCN1c1ccc(C(F)(F)F)cc1F. The summed E-state index contributed by atoms with van der Waals surface area (Å²) in [5.41, 5.74) is -0.684. The third kappa shape index (κ3) is 3.87. The van der Waals surface area contributed by atoms with Crippen molar-refractivity contribution in [1.29, 1.82) is 0 Å². The lowest BCUT2D eigenvalue weighted by molar-refractivity contribution is -0.137. The number of alkyl halides is 3. The number of hydrogen-bond donors (Lipinski definition) is 1. The lowest BCUT2D eigenvalue weighted by Crippen LogP contribution is -2.40. The third-order valence-electron chi connectivity index (χ3n) is 3.72. The van der Waals surface area contributed by atoms with Gasteiger partial charge in [-0.3, -0.25) is 0 Å². The van der Waals surface area contributed by atoms with Gasteiger partial charge in [-0.25, -0.2) is 4.39 Å². The van der Waals surface area contributed by atoms with E-state index in [0.717, 1.165) is 18.9 Å². The van der Waals surface area contributed by atoms with Gasteiger partial charge in [0.25, 0.3) is 0 Å². The first-order valence-corrected chi connectivity index (χ1v) is 7.16. The molecule has 0 aliphatic carbocycles. The Morgan fingerprint density at radius 2 is 2.05 bits per heavy atom. The lowest BCUT2D eigenvalue weighted by Gasteiger charge is -2.28. The molecule has 1 heterocycles. The molecule has 1 atom stereocenters. The van der Waals surface area contributed by atoms with E-state index in [1.165, 1.54) is 6.07 Å². The molecule has 0 amide bonds. The third-order valence-corrected chi connectivity index (χ3v) is 3.72. The predicted octanol–water partition coefficient (Wildman–Crippen LogP) is 3.81. The van der Waals surface area contributed by atoms with E-state index in [1.54, 1.807) is 0 Å². The summed E-state index contributed by atoms with van der Waals surface area (Å²) in [5.74, 6) is -0.804. The molecule has 1 N–H and O–H groups in total. The molecule has 0 saturated carbocycles. The average Bonchev–Trinajstić information content (AvgIpc) is 2.83. The molecule has 6 heteroatoms. The number of hydrogen-bond acceptors (Lipinski definition) is 2. The van der Waals surface area contributed by atoms with E-state index in [2.05, 4.69) is 5.32 Å². The summed E-state index contributed by atoms with van der Waals surface area (Å²) in [7, 11) is 0. The Labute approximate surface area is 122 Å². The average molecular weight is 304 g/mol. The van der Waals surface area contributed by atoms with Gasteiger partial charge in [-0.05, 0) is 31.0 Å². The maximum atomic E-state index is 14.0. The van der Waals surface area contributed by atoms with Crippen LogP contribution < -0.4 is 10.2 Å². The quantitative estimate of drug-likeness (QED) is 0.851. The Balaban J connectivity index is 2.17. The Bertz CT molecular complexity index is 485. The number of nitrogens with zero attached hydrogens (tertiary/aromatic N) is 1. The van der Waals surface area contributed by atoms with Crippen LogP contribution >= 0.6 is 0 Å². The second-order valence-corrected chi connectivity index (χ2v) is 5.72. The zero-order chi connectivity index (χ0) is 15.6. The molecule has 1 aliphatic rings. The highest BCUT2D eigenvalue weighted by atomic mass is 19.4.